The normalized spacial score (nSPS) is 22.2. The molecule has 0 bridgehead atoms. The summed E-state index contributed by atoms with van der Waals surface area (Å²) >= 11 is 0. The fourth-order valence-electron chi connectivity index (χ4n) is 2.03. The summed E-state index contributed by atoms with van der Waals surface area (Å²) in [4.78, 5) is 11.5. The third-order valence-electron chi connectivity index (χ3n) is 3.15. The van der Waals surface area contributed by atoms with E-state index in [1.807, 2.05) is 0 Å². The van der Waals surface area contributed by atoms with Crippen LogP contribution in [0.25, 0.3) is 0 Å². The summed E-state index contributed by atoms with van der Waals surface area (Å²) in [5, 5.41) is 3.25. The highest BCUT2D eigenvalue weighted by atomic mass is 16.5. The molecule has 6 nitrogen and oxygen atoms in total. The molecule has 1 fully saturated rings. The number of carbonyl (C=O) groups is 1. The quantitative estimate of drug-likeness (QED) is 0.622. The summed E-state index contributed by atoms with van der Waals surface area (Å²) in [5.41, 5.74) is 7.60. The lowest BCUT2D eigenvalue weighted by Crippen LogP contribution is -2.33. The first-order chi connectivity index (χ1) is 9.15. The predicted octanol–water partition coefficient (Wildman–Crippen LogP) is 0.881. The summed E-state index contributed by atoms with van der Waals surface area (Å²) in [6.07, 6.45) is -0.0267. The van der Waals surface area contributed by atoms with E-state index in [9.17, 15) is 4.79 Å². The molecule has 1 aliphatic rings. The minimum absolute atomic E-state index is 0.0141. The van der Waals surface area contributed by atoms with Crippen LogP contribution in [0.2, 0.25) is 0 Å². The van der Waals surface area contributed by atoms with Crippen molar-refractivity contribution in [3.8, 4) is 0 Å². The number of carbonyl (C=O) groups excluding carboxylic acids is 1. The highest BCUT2D eigenvalue weighted by molar-refractivity contribution is 5.92. The molecule has 0 spiro atoms. The van der Waals surface area contributed by atoms with E-state index in [-0.39, 0.29) is 12.1 Å². The fourth-order valence-corrected chi connectivity index (χ4v) is 2.03. The number of nitrogen functional groups attached to an aromatic ring is 1. The molecule has 0 aromatic heterocycles. The van der Waals surface area contributed by atoms with Crippen molar-refractivity contribution < 1.29 is 19.0 Å². The van der Waals surface area contributed by atoms with Gasteiger partial charge in [0.15, 0.2) is 0 Å². The molecule has 0 saturated carbocycles. The summed E-state index contributed by atoms with van der Waals surface area (Å²) in [6.45, 7) is 1.09. The van der Waals surface area contributed by atoms with Crippen LogP contribution in [0.5, 0.6) is 0 Å². The topological polar surface area (TPSA) is 82.8 Å². The smallest absolute Gasteiger partial charge is 0.337 e. The molecular formula is C13H18N2O4. The lowest BCUT2D eigenvalue weighted by atomic mass is 10.1. The van der Waals surface area contributed by atoms with Gasteiger partial charge in [-0.05, 0) is 18.2 Å². The Hall–Kier alpha value is -1.79. The molecule has 104 valence electrons. The number of methoxy groups -OCH3 is 2. The highest BCUT2D eigenvalue weighted by Gasteiger charge is 2.28. The number of hydrogen-bond acceptors (Lipinski definition) is 6. The fraction of sp³-hybridized carbons (Fsp3) is 0.462. The van der Waals surface area contributed by atoms with Gasteiger partial charge in [0, 0.05) is 7.11 Å². The molecule has 1 aromatic carbocycles. The molecule has 0 aliphatic carbocycles. The summed E-state index contributed by atoms with van der Waals surface area (Å²) < 4.78 is 15.4. The predicted molar refractivity (Wildman–Crippen MR) is 71.2 cm³/mol. The van der Waals surface area contributed by atoms with Crippen LogP contribution in [-0.4, -0.2) is 45.5 Å². The van der Waals surface area contributed by atoms with Crippen molar-refractivity contribution in [2.24, 2.45) is 0 Å². The molecular weight excluding hydrogens is 248 g/mol. The molecule has 1 heterocycles. The van der Waals surface area contributed by atoms with Gasteiger partial charge in [-0.25, -0.2) is 4.79 Å². The van der Waals surface area contributed by atoms with Gasteiger partial charge < -0.3 is 25.3 Å². The number of esters is 1. The zero-order chi connectivity index (χ0) is 13.8. The van der Waals surface area contributed by atoms with E-state index in [2.05, 4.69) is 10.1 Å². The molecule has 0 unspecified atom stereocenters. The lowest BCUT2D eigenvalue weighted by Gasteiger charge is -2.20. The molecule has 1 saturated heterocycles. The lowest BCUT2D eigenvalue weighted by molar-refractivity contribution is 0.0601. The van der Waals surface area contributed by atoms with Gasteiger partial charge in [0.25, 0.3) is 0 Å². The monoisotopic (exact) mass is 266 g/mol. The minimum Gasteiger partial charge on any atom is -0.465 e. The average molecular weight is 266 g/mol. The Kier molecular flexibility index (Phi) is 4.24. The Labute approximate surface area is 111 Å². The second-order valence-corrected chi connectivity index (χ2v) is 4.36. The number of rotatable bonds is 4. The van der Waals surface area contributed by atoms with Crippen LogP contribution in [0.15, 0.2) is 18.2 Å². The van der Waals surface area contributed by atoms with Gasteiger partial charge in [-0.3, -0.25) is 0 Å². The van der Waals surface area contributed by atoms with Crippen molar-refractivity contribution in [1.29, 1.82) is 0 Å². The zero-order valence-corrected chi connectivity index (χ0v) is 11.0. The van der Waals surface area contributed by atoms with Crippen LogP contribution in [0.1, 0.15) is 10.4 Å². The minimum atomic E-state index is -0.394. The maximum absolute atomic E-state index is 11.5. The molecule has 0 amide bonds. The molecule has 0 radical (unpaired) electrons. The first-order valence-corrected chi connectivity index (χ1v) is 6.00. The summed E-state index contributed by atoms with van der Waals surface area (Å²) in [6, 6.07) is 4.99. The van der Waals surface area contributed by atoms with Gasteiger partial charge in [0.05, 0.1) is 43.3 Å². The second kappa shape index (κ2) is 5.90. The van der Waals surface area contributed by atoms with Gasteiger partial charge in [-0.15, -0.1) is 0 Å². The van der Waals surface area contributed by atoms with Gasteiger partial charge in [-0.2, -0.15) is 0 Å². The van der Waals surface area contributed by atoms with Crippen molar-refractivity contribution in [2.45, 2.75) is 12.1 Å². The van der Waals surface area contributed by atoms with E-state index in [1.54, 1.807) is 25.3 Å². The molecule has 3 N–H and O–H groups in total. The van der Waals surface area contributed by atoms with Gasteiger partial charge in [0.2, 0.25) is 0 Å². The first-order valence-electron chi connectivity index (χ1n) is 6.00. The Bertz CT molecular complexity index is 464. The van der Waals surface area contributed by atoms with Crippen molar-refractivity contribution in [3.05, 3.63) is 23.8 Å². The number of ether oxygens (including phenoxy) is 3. The molecule has 1 aromatic rings. The summed E-state index contributed by atoms with van der Waals surface area (Å²) in [7, 11) is 2.99. The molecule has 6 heteroatoms. The second-order valence-electron chi connectivity index (χ2n) is 4.36. The van der Waals surface area contributed by atoms with Crippen LogP contribution >= 0.6 is 0 Å². The number of nitrogens with one attached hydrogen (secondary N) is 1. The maximum Gasteiger partial charge on any atom is 0.337 e. The Morgan fingerprint density at radius 3 is 2.89 bits per heavy atom. The number of nitrogens with two attached hydrogens (primary N) is 1. The first kappa shape index (κ1) is 13.6. The Balaban J connectivity index is 2.17. The summed E-state index contributed by atoms with van der Waals surface area (Å²) in [5.74, 6) is -0.394. The number of hydrogen-bond donors (Lipinski definition) is 2. The van der Waals surface area contributed by atoms with Crippen LogP contribution in [0, 0.1) is 0 Å². The molecule has 2 atom stereocenters. The van der Waals surface area contributed by atoms with Gasteiger partial charge >= 0.3 is 5.97 Å². The van der Waals surface area contributed by atoms with Crippen LogP contribution in [0.4, 0.5) is 11.4 Å². The molecule has 19 heavy (non-hydrogen) atoms. The largest absolute Gasteiger partial charge is 0.465 e. The molecule has 1 aliphatic heterocycles. The third-order valence-corrected chi connectivity index (χ3v) is 3.15. The van der Waals surface area contributed by atoms with Crippen LogP contribution in [-0.2, 0) is 14.2 Å². The standard InChI is InChI=1S/C13H18N2O4/c1-17-12-7-19-6-11(12)15-10-5-8(13(16)18-2)3-4-9(10)14/h3-5,11-12,15H,6-7,14H2,1-2H3/t11-,12+/m1/s1. The van der Waals surface area contributed by atoms with Crippen LogP contribution < -0.4 is 11.1 Å². The van der Waals surface area contributed by atoms with E-state index in [1.165, 1.54) is 7.11 Å². The van der Waals surface area contributed by atoms with E-state index in [4.69, 9.17) is 15.2 Å². The van der Waals surface area contributed by atoms with Crippen molar-refractivity contribution in [1.82, 2.24) is 0 Å². The van der Waals surface area contributed by atoms with Gasteiger partial charge in [0.1, 0.15) is 6.10 Å². The van der Waals surface area contributed by atoms with E-state index >= 15 is 0 Å². The Morgan fingerprint density at radius 1 is 1.42 bits per heavy atom. The average Bonchev–Trinajstić information content (AvgIpc) is 2.87. The van der Waals surface area contributed by atoms with Crippen molar-refractivity contribution in [3.63, 3.8) is 0 Å². The Morgan fingerprint density at radius 2 is 2.21 bits per heavy atom. The highest BCUT2D eigenvalue weighted by Crippen LogP contribution is 2.24. The van der Waals surface area contributed by atoms with Crippen molar-refractivity contribution in [2.75, 3.05) is 38.5 Å². The third kappa shape index (κ3) is 2.97. The number of anilines is 2. The zero-order valence-electron chi connectivity index (χ0n) is 11.0. The van der Waals surface area contributed by atoms with Gasteiger partial charge in [-0.1, -0.05) is 0 Å². The van der Waals surface area contributed by atoms with E-state index in [0.29, 0.717) is 30.2 Å². The van der Waals surface area contributed by atoms with E-state index < -0.39 is 5.97 Å². The number of benzene rings is 1. The molecule has 2 rings (SSSR count). The van der Waals surface area contributed by atoms with Crippen molar-refractivity contribution >= 4 is 17.3 Å². The van der Waals surface area contributed by atoms with Crippen LogP contribution in [0.3, 0.4) is 0 Å². The van der Waals surface area contributed by atoms with E-state index in [0.717, 1.165) is 0 Å². The maximum atomic E-state index is 11.5. The SMILES string of the molecule is COC(=O)c1ccc(N)c(N[C@@H]2COC[C@@H]2OC)c1.